The molecule has 0 unspecified atom stereocenters. The maximum atomic E-state index is 9.08. The Morgan fingerprint density at radius 3 is 2.35 bits per heavy atom. The minimum atomic E-state index is -1.57. The van der Waals surface area contributed by atoms with Gasteiger partial charge in [0.25, 0.3) is 0 Å². The summed E-state index contributed by atoms with van der Waals surface area (Å²) in [6, 6.07) is 3.38. The molecule has 20 heavy (non-hydrogen) atoms. The molecule has 106 valence electrons. The van der Waals surface area contributed by atoms with Gasteiger partial charge in [0, 0.05) is 6.20 Å². The van der Waals surface area contributed by atoms with Crippen molar-refractivity contribution >= 4 is 25.9 Å². The Labute approximate surface area is 119 Å². The minimum absolute atomic E-state index is 0.209. The molecule has 0 amide bonds. The number of pyridine rings is 1. The van der Waals surface area contributed by atoms with E-state index in [9.17, 15) is 0 Å². The van der Waals surface area contributed by atoms with Crippen molar-refractivity contribution in [3.05, 3.63) is 29.9 Å². The van der Waals surface area contributed by atoms with Crippen molar-refractivity contribution in [2.24, 2.45) is 0 Å². The van der Waals surface area contributed by atoms with E-state index in [0.717, 1.165) is 5.56 Å². The summed E-state index contributed by atoms with van der Waals surface area (Å²) in [5, 5.41) is 18.2. The van der Waals surface area contributed by atoms with Gasteiger partial charge in [-0.3, -0.25) is 4.98 Å². The third kappa shape index (κ3) is 3.12. The molecule has 0 aliphatic carbocycles. The van der Waals surface area contributed by atoms with Gasteiger partial charge in [-0.05, 0) is 45.4 Å². The van der Waals surface area contributed by atoms with Crippen LogP contribution in [0.25, 0.3) is 6.08 Å². The molecular weight excluding hydrogens is 256 g/mol. The minimum Gasteiger partial charge on any atom is -0.422 e. The first-order chi connectivity index (χ1) is 9.21. The fourth-order valence-electron chi connectivity index (χ4n) is 1.87. The van der Waals surface area contributed by atoms with Crippen LogP contribution < -0.4 is 5.59 Å². The molecule has 2 rings (SSSR count). The van der Waals surface area contributed by atoms with Gasteiger partial charge in [-0.15, -0.1) is 0 Å². The van der Waals surface area contributed by atoms with Gasteiger partial charge in [0.2, 0.25) is 0 Å². The van der Waals surface area contributed by atoms with E-state index >= 15 is 0 Å². The molecule has 1 aliphatic rings. The molecule has 0 radical (unpaired) electrons. The molecular formula is C13H19B2NO4. The van der Waals surface area contributed by atoms with Crippen LogP contribution in [0.2, 0.25) is 0 Å². The SMILES string of the molecule is CC1(C)OB(/C=C/c2ccnc(B(O)O)c2)OC1(C)C. The smallest absolute Gasteiger partial charge is 0.422 e. The summed E-state index contributed by atoms with van der Waals surface area (Å²) in [6.07, 6.45) is 3.34. The van der Waals surface area contributed by atoms with Crippen LogP contribution in [0.15, 0.2) is 24.3 Å². The van der Waals surface area contributed by atoms with Crippen molar-refractivity contribution in [2.45, 2.75) is 38.9 Å². The zero-order valence-corrected chi connectivity index (χ0v) is 12.2. The highest BCUT2D eigenvalue weighted by molar-refractivity contribution is 6.57. The lowest BCUT2D eigenvalue weighted by atomic mass is 9.84. The van der Waals surface area contributed by atoms with Crippen LogP contribution >= 0.6 is 0 Å². The van der Waals surface area contributed by atoms with Gasteiger partial charge in [0.05, 0.1) is 16.8 Å². The second-order valence-corrected chi connectivity index (χ2v) is 5.87. The molecule has 7 heteroatoms. The molecule has 0 spiro atoms. The van der Waals surface area contributed by atoms with Crippen LogP contribution in [0.4, 0.5) is 0 Å². The van der Waals surface area contributed by atoms with Crippen LogP contribution in [0.5, 0.6) is 0 Å². The van der Waals surface area contributed by atoms with Crippen LogP contribution in [-0.4, -0.2) is 40.5 Å². The summed E-state index contributed by atoms with van der Waals surface area (Å²) >= 11 is 0. The summed E-state index contributed by atoms with van der Waals surface area (Å²) < 4.78 is 11.7. The number of rotatable bonds is 3. The molecule has 1 fully saturated rings. The average Bonchev–Trinajstić information content (AvgIpc) is 2.56. The third-order valence-corrected chi connectivity index (χ3v) is 3.79. The molecule has 0 aromatic carbocycles. The summed E-state index contributed by atoms with van der Waals surface area (Å²) in [6.45, 7) is 7.97. The Kier molecular flexibility index (Phi) is 4.07. The fraction of sp³-hybridized carbons (Fsp3) is 0.462. The van der Waals surface area contributed by atoms with E-state index in [4.69, 9.17) is 19.4 Å². The Morgan fingerprint density at radius 1 is 1.20 bits per heavy atom. The molecule has 1 aromatic rings. The van der Waals surface area contributed by atoms with Crippen molar-refractivity contribution in [3.63, 3.8) is 0 Å². The number of nitrogens with zero attached hydrogens (tertiary/aromatic N) is 1. The Balaban J connectivity index is 2.10. The molecule has 1 aromatic heterocycles. The average molecular weight is 275 g/mol. The zero-order chi connectivity index (χ0) is 15.0. The van der Waals surface area contributed by atoms with E-state index in [0.29, 0.717) is 0 Å². The van der Waals surface area contributed by atoms with Crippen LogP contribution in [-0.2, 0) is 9.31 Å². The lowest BCUT2D eigenvalue weighted by molar-refractivity contribution is 0.00578. The van der Waals surface area contributed by atoms with Gasteiger partial charge >= 0.3 is 14.2 Å². The highest BCUT2D eigenvalue weighted by atomic mass is 16.7. The van der Waals surface area contributed by atoms with E-state index in [-0.39, 0.29) is 16.8 Å². The third-order valence-electron chi connectivity index (χ3n) is 3.79. The monoisotopic (exact) mass is 275 g/mol. The van der Waals surface area contributed by atoms with Crippen molar-refractivity contribution in [2.75, 3.05) is 0 Å². The highest BCUT2D eigenvalue weighted by Crippen LogP contribution is 2.36. The van der Waals surface area contributed by atoms with Gasteiger partial charge in [-0.2, -0.15) is 0 Å². The highest BCUT2D eigenvalue weighted by Gasteiger charge is 2.49. The molecule has 2 heterocycles. The first kappa shape index (κ1) is 15.3. The maximum absolute atomic E-state index is 9.08. The second kappa shape index (κ2) is 5.33. The summed E-state index contributed by atoms with van der Waals surface area (Å²) in [5.74, 6) is 1.80. The molecule has 2 N–H and O–H groups in total. The quantitative estimate of drug-likeness (QED) is 0.781. The molecule has 0 saturated carbocycles. The topological polar surface area (TPSA) is 71.8 Å². The van der Waals surface area contributed by atoms with Crippen molar-refractivity contribution in [3.8, 4) is 0 Å². The molecule has 1 saturated heterocycles. The van der Waals surface area contributed by atoms with E-state index in [1.54, 1.807) is 18.1 Å². The molecule has 5 nitrogen and oxygen atoms in total. The van der Waals surface area contributed by atoms with E-state index in [1.165, 1.54) is 6.20 Å². The number of hydrogen-bond acceptors (Lipinski definition) is 5. The Bertz CT molecular complexity index is 501. The van der Waals surface area contributed by atoms with Crippen molar-refractivity contribution in [1.82, 2.24) is 4.98 Å². The lowest BCUT2D eigenvalue weighted by Crippen LogP contribution is -2.41. The Morgan fingerprint density at radius 2 is 1.80 bits per heavy atom. The molecule has 0 atom stereocenters. The van der Waals surface area contributed by atoms with Crippen LogP contribution in [0.3, 0.4) is 0 Å². The van der Waals surface area contributed by atoms with Gasteiger partial charge in [0.1, 0.15) is 0 Å². The second-order valence-electron chi connectivity index (χ2n) is 5.87. The van der Waals surface area contributed by atoms with Crippen LogP contribution in [0.1, 0.15) is 33.3 Å². The molecule has 1 aliphatic heterocycles. The summed E-state index contributed by atoms with van der Waals surface area (Å²) in [4.78, 5) is 3.87. The van der Waals surface area contributed by atoms with Crippen LogP contribution in [0, 0.1) is 0 Å². The first-order valence-electron chi connectivity index (χ1n) is 6.57. The lowest BCUT2D eigenvalue weighted by Gasteiger charge is -2.32. The fourth-order valence-corrected chi connectivity index (χ4v) is 1.87. The van der Waals surface area contributed by atoms with Gasteiger partial charge in [0.15, 0.2) is 0 Å². The van der Waals surface area contributed by atoms with Gasteiger partial charge < -0.3 is 19.4 Å². The first-order valence-corrected chi connectivity index (χ1v) is 6.57. The van der Waals surface area contributed by atoms with E-state index < -0.39 is 14.2 Å². The zero-order valence-electron chi connectivity index (χ0n) is 12.2. The number of aromatic nitrogens is 1. The predicted molar refractivity (Wildman–Crippen MR) is 79.2 cm³/mol. The van der Waals surface area contributed by atoms with Crippen molar-refractivity contribution < 1.29 is 19.4 Å². The Hall–Kier alpha value is -1.14. The predicted octanol–water partition coefficient (Wildman–Crippen LogP) is 0.406. The van der Waals surface area contributed by atoms with Gasteiger partial charge in [-0.25, -0.2) is 0 Å². The maximum Gasteiger partial charge on any atom is 0.508 e. The van der Waals surface area contributed by atoms with Crippen molar-refractivity contribution in [1.29, 1.82) is 0 Å². The van der Waals surface area contributed by atoms with E-state index in [2.05, 4.69) is 4.98 Å². The molecule has 0 bridgehead atoms. The standard InChI is InChI=1S/C13H19B2NO4/c1-12(2)13(3,4)20-14(19-12)7-5-10-6-8-16-11(9-10)15(17)18/h5-9,17-18H,1-4H3/b7-5+. The van der Waals surface area contributed by atoms with Gasteiger partial charge in [-0.1, -0.05) is 12.1 Å². The summed E-state index contributed by atoms with van der Waals surface area (Å²) in [7, 11) is -1.99. The summed E-state index contributed by atoms with van der Waals surface area (Å²) in [5.41, 5.74) is 0.276. The largest absolute Gasteiger partial charge is 0.508 e. The number of hydrogen-bond donors (Lipinski definition) is 2. The van der Waals surface area contributed by atoms with E-state index in [1.807, 2.05) is 33.8 Å². The normalized spacial score (nSPS) is 20.6.